The fraction of sp³-hybridized carbons (Fsp3) is 0.143. The lowest BCUT2D eigenvalue weighted by atomic mass is 10.2. The number of carbonyl (C=O) groups excluding carboxylic acids is 1. The Hall–Kier alpha value is -2.21. The van der Waals surface area contributed by atoms with E-state index in [0.717, 1.165) is 12.0 Å². The minimum absolute atomic E-state index is 0.0581. The number of amides is 1. The maximum Gasteiger partial charge on any atom is 0.283 e. The van der Waals surface area contributed by atoms with Crippen LogP contribution in [0, 0.1) is 0 Å². The molecule has 0 aliphatic carbocycles. The Morgan fingerprint density at radius 2 is 2.00 bits per heavy atom. The molecule has 0 fully saturated rings. The van der Waals surface area contributed by atoms with Crippen LogP contribution in [0.5, 0.6) is 0 Å². The van der Waals surface area contributed by atoms with Gasteiger partial charge in [0.2, 0.25) is 0 Å². The zero-order chi connectivity index (χ0) is 14.6. The second kappa shape index (κ2) is 5.83. The lowest BCUT2D eigenvalue weighted by molar-refractivity contribution is 0.0976. The average molecular weight is 290 g/mol. The van der Waals surface area contributed by atoms with E-state index < -0.39 is 15.9 Å². The van der Waals surface area contributed by atoms with Gasteiger partial charge in [0.1, 0.15) is 5.69 Å². The molecule has 1 heterocycles. The molecule has 0 bridgehead atoms. The van der Waals surface area contributed by atoms with Crippen molar-refractivity contribution < 1.29 is 13.2 Å². The van der Waals surface area contributed by atoms with E-state index in [9.17, 15) is 13.2 Å². The molecular formula is C14H14N2O3S. The van der Waals surface area contributed by atoms with Gasteiger partial charge in [-0.3, -0.25) is 9.78 Å². The average Bonchev–Trinajstić information content (AvgIpc) is 2.48. The number of carbonyl (C=O) groups is 1. The van der Waals surface area contributed by atoms with E-state index in [1.54, 1.807) is 24.3 Å². The van der Waals surface area contributed by atoms with E-state index in [1.165, 1.54) is 18.3 Å². The van der Waals surface area contributed by atoms with E-state index in [0.29, 0.717) is 0 Å². The van der Waals surface area contributed by atoms with Crippen LogP contribution in [-0.2, 0) is 16.4 Å². The topological polar surface area (TPSA) is 76.1 Å². The van der Waals surface area contributed by atoms with Gasteiger partial charge in [-0.05, 0) is 36.2 Å². The number of nitrogens with one attached hydrogen (secondary N) is 1. The van der Waals surface area contributed by atoms with Crippen molar-refractivity contribution in [2.75, 3.05) is 0 Å². The van der Waals surface area contributed by atoms with Crippen molar-refractivity contribution in [2.45, 2.75) is 18.2 Å². The molecule has 5 nitrogen and oxygen atoms in total. The number of hydrogen-bond acceptors (Lipinski definition) is 4. The summed E-state index contributed by atoms with van der Waals surface area (Å²) in [5.41, 5.74) is 0.945. The molecule has 6 heteroatoms. The Bertz CT molecular complexity index is 712. The van der Waals surface area contributed by atoms with Gasteiger partial charge in [0.05, 0.1) is 4.90 Å². The Morgan fingerprint density at radius 3 is 2.65 bits per heavy atom. The third-order valence-electron chi connectivity index (χ3n) is 2.74. The molecule has 2 rings (SSSR count). The molecule has 0 saturated carbocycles. The van der Waals surface area contributed by atoms with Gasteiger partial charge >= 0.3 is 0 Å². The SMILES string of the molecule is CCc1cccc(S(=O)(=O)NC(=O)c2ccccn2)c1. The Labute approximate surface area is 117 Å². The van der Waals surface area contributed by atoms with Gasteiger partial charge in [-0.15, -0.1) is 0 Å². The van der Waals surface area contributed by atoms with Crippen LogP contribution < -0.4 is 4.72 Å². The lowest BCUT2D eigenvalue weighted by Gasteiger charge is -2.07. The number of pyridine rings is 1. The predicted octanol–water partition coefficient (Wildman–Crippen LogP) is 1.76. The van der Waals surface area contributed by atoms with Crippen LogP contribution in [0.25, 0.3) is 0 Å². The monoisotopic (exact) mass is 290 g/mol. The van der Waals surface area contributed by atoms with Crippen molar-refractivity contribution in [3.05, 3.63) is 59.9 Å². The first-order valence-electron chi connectivity index (χ1n) is 6.10. The molecule has 0 atom stereocenters. The maximum absolute atomic E-state index is 12.1. The maximum atomic E-state index is 12.1. The number of nitrogens with zero attached hydrogens (tertiary/aromatic N) is 1. The standard InChI is InChI=1S/C14H14N2O3S/c1-2-11-6-5-7-12(10-11)20(18,19)16-14(17)13-8-3-4-9-15-13/h3-10H,2H2,1H3,(H,16,17). The summed E-state index contributed by atoms with van der Waals surface area (Å²) in [6, 6.07) is 11.2. The van der Waals surface area contributed by atoms with E-state index in [4.69, 9.17) is 0 Å². The summed E-state index contributed by atoms with van der Waals surface area (Å²) in [5, 5.41) is 0. The summed E-state index contributed by atoms with van der Waals surface area (Å²) in [5.74, 6) is -0.743. The Kier molecular flexibility index (Phi) is 4.14. The summed E-state index contributed by atoms with van der Waals surface area (Å²) in [6.07, 6.45) is 2.15. The molecule has 20 heavy (non-hydrogen) atoms. The highest BCUT2D eigenvalue weighted by Gasteiger charge is 2.19. The number of benzene rings is 1. The third kappa shape index (κ3) is 3.21. The summed E-state index contributed by atoms with van der Waals surface area (Å²) >= 11 is 0. The highest BCUT2D eigenvalue weighted by molar-refractivity contribution is 7.90. The van der Waals surface area contributed by atoms with Crippen molar-refractivity contribution in [1.82, 2.24) is 9.71 Å². The zero-order valence-electron chi connectivity index (χ0n) is 10.9. The van der Waals surface area contributed by atoms with E-state index in [1.807, 2.05) is 17.7 Å². The molecule has 1 N–H and O–H groups in total. The number of rotatable bonds is 4. The lowest BCUT2D eigenvalue weighted by Crippen LogP contribution is -2.31. The zero-order valence-corrected chi connectivity index (χ0v) is 11.7. The molecule has 1 aromatic carbocycles. The highest BCUT2D eigenvalue weighted by Crippen LogP contribution is 2.12. The van der Waals surface area contributed by atoms with Gasteiger partial charge in [0.25, 0.3) is 15.9 Å². The van der Waals surface area contributed by atoms with Crippen molar-refractivity contribution in [3.8, 4) is 0 Å². The fourth-order valence-electron chi connectivity index (χ4n) is 1.66. The van der Waals surface area contributed by atoms with E-state index in [-0.39, 0.29) is 10.6 Å². The van der Waals surface area contributed by atoms with Crippen LogP contribution in [-0.4, -0.2) is 19.3 Å². The fourth-order valence-corrected chi connectivity index (χ4v) is 2.69. The number of hydrogen-bond donors (Lipinski definition) is 1. The molecule has 2 aromatic rings. The number of aryl methyl sites for hydroxylation is 1. The minimum Gasteiger partial charge on any atom is -0.266 e. The van der Waals surface area contributed by atoms with Crippen molar-refractivity contribution in [3.63, 3.8) is 0 Å². The van der Waals surface area contributed by atoms with E-state index >= 15 is 0 Å². The molecule has 0 aliphatic heterocycles. The first-order chi connectivity index (χ1) is 9.53. The largest absolute Gasteiger partial charge is 0.283 e. The first kappa shape index (κ1) is 14.2. The van der Waals surface area contributed by atoms with Crippen molar-refractivity contribution >= 4 is 15.9 Å². The minimum atomic E-state index is -3.88. The first-order valence-corrected chi connectivity index (χ1v) is 7.58. The molecule has 0 spiro atoms. The molecule has 1 aromatic heterocycles. The smallest absolute Gasteiger partial charge is 0.266 e. The van der Waals surface area contributed by atoms with Gasteiger partial charge in [-0.1, -0.05) is 25.1 Å². The predicted molar refractivity (Wildman–Crippen MR) is 74.7 cm³/mol. The molecule has 0 radical (unpaired) electrons. The summed E-state index contributed by atoms with van der Waals surface area (Å²) in [4.78, 5) is 15.7. The Balaban J connectivity index is 2.25. The van der Waals surface area contributed by atoms with Crippen molar-refractivity contribution in [1.29, 1.82) is 0 Å². The van der Waals surface area contributed by atoms with Crippen molar-refractivity contribution in [2.24, 2.45) is 0 Å². The summed E-state index contributed by atoms with van der Waals surface area (Å²) in [7, 11) is -3.88. The highest BCUT2D eigenvalue weighted by atomic mass is 32.2. The second-order valence-corrected chi connectivity index (χ2v) is 5.83. The molecule has 0 unspecified atom stereocenters. The van der Waals surface area contributed by atoms with Crippen LogP contribution in [0.4, 0.5) is 0 Å². The number of aromatic nitrogens is 1. The molecule has 104 valence electrons. The van der Waals surface area contributed by atoms with Crippen LogP contribution in [0.3, 0.4) is 0 Å². The normalized spacial score (nSPS) is 11.1. The number of sulfonamides is 1. The van der Waals surface area contributed by atoms with E-state index in [2.05, 4.69) is 4.98 Å². The van der Waals surface area contributed by atoms with Gasteiger partial charge in [-0.25, -0.2) is 13.1 Å². The van der Waals surface area contributed by atoms with Crippen LogP contribution in [0.1, 0.15) is 23.0 Å². The van der Waals surface area contributed by atoms with Gasteiger partial charge in [0.15, 0.2) is 0 Å². The molecular weight excluding hydrogens is 276 g/mol. The molecule has 0 saturated heterocycles. The third-order valence-corrected chi connectivity index (χ3v) is 4.07. The molecule has 0 aliphatic rings. The quantitative estimate of drug-likeness (QED) is 0.931. The van der Waals surface area contributed by atoms with Crippen LogP contribution in [0.2, 0.25) is 0 Å². The summed E-state index contributed by atoms with van der Waals surface area (Å²) in [6.45, 7) is 1.93. The summed E-state index contributed by atoms with van der Waals surface area (Å²) < 4.78 is 26.3. The van der Waals surface area contributed by atoms with Crippen LogP contribution >= 0.6 is 0 Å². The Morgan fingerprint density at radius 1 is 1.20 bits per heavy atom. The van der Waals surface area contributed by atoms with Gasteiger partial charge in [0, 0.05) is 6.20 Å². The van der Waals surface area contributed by atoms with Gasteiger partial charge in [-0.2, -0.15) is 0 Å². The second-order valence-electron chi connectivity index (χ2n) is 4.15. The van der Waals surface area contributed by atoms with Gasteiger partial charge < -0.3 is 0 Å². The molecule has 1 amide bonds. The van der Waals surface area contributed by atoms with Crippen LogP contribution in [0.15, 0.2) is 53.6 Å².